The molecule has 1 rings (SSSR count). The first kappa shape index (κ1) is 10.7. The van der Waals surface area contributed by atoms with Crippen molar-refractivity contribution in [2.75, 3.05) is 13.7 Å². The molecule has 2 nitrogen and oxygen atoms in total. The predicted octanol–water partition coefficient (Wildman–Crippen LogP) is 2.42. The third-order valence-corrected chi connectivity index (χ3v) is 3.28. The van der Waals surface area contributed by atoms with Gasteiger partial charge in [-0.25, -0.2) is 0 Å². The van der Waals surface area contributed by atoms with Crippen LogP contribution in [0.15, 0.2) is 0 Å². The summed E-state index contributed by atoms with van der Waals surface area (Å²) in [4.78, 5) is 11.0. The number of ether oxygens (including phenoxy) is 1. The maximum Gasteiger partial charge on any atom is 0.128 e. The average molecular weight is 184 g/mol. The fourth-order valence-corrected chi connectivity index (χ4v) is 2.01. The molecule has 0 N–H and O–H groups in total. The summed E-state index contributed by atoms with van der Waals surface area (Å²) in [5, 5.41) is 0. The van der Waals surface area contributed by atoms with Crippen LogP contribution >= 0.6 is 0 Å². The second-order valence-corrected chi connectivity index (χ2v) is 5.08. The van der Waals surface area contributed by atoms with Gasteiger partial charge >= 0.3 is 0 Å². The lowest BCUT2D eigenvalue weighted by Crippen LogP contribution is -2.35. The molecule has 0 saturated heterocycles. The van der Waals surface area contributed by atoms with Crippen molar-refractivity contribution in [1.29, 1.82) is 0 Å². The van der Waals surface area contributed by atoms with Crippen LogP contribution in [-0.2, 0) is 9.53 Å². The molecule has 0 aromatic heterocycles. The molecule has 0 spiro atoms. The molecule has 1 aliphatic carbocycles. The van der Waals surface area contributed by atoms with Crippen LogP contribution in [0.2, 0.25) is 0 Å². The van der Waals surface area contributed by atoms with Crippen molar-refractivity contribution >= 4 is 6.29 Å². The van der Waals surface area contributed by atoms with E-state index in [1.807, 2.05) is 0 Å². The summed E-state index contributed by atoms with van der Waals surface area (Å²) in [7, 11) is 1.67. The average Bonchev–Trinajstić information content (AvgIpc) is 2.10. The minimum Gasteiger partial charge on any atom is -0.384 e. The van der Waals surface area contributed by atoms with E-state index in [0.29, 0.717) is 12.0 Å². The van der Waals surface area contributed by atoms with E-state index in [1.54, 1.807) is 7.11 Å². The molecule has 0 aromatic rings. The molecule has 2 heteroatoms. The Labute approximate surface area is 80.7 Å². The predicted molar refractivity (Wildman–Crippen MR) is 52.6 cm³/mol. The molecule has 0 radical (unpaired) electrons. The van der Waals surface area contributed by atoms with Gasteiger partial charge in [0.05, 0.1) is 6.61 Å². The molecule has 0 aliphatic heterocycles. The van der Waals surface area contributed by atoms with Gasteiger partial charge in [0.1, 0.15) is 6.29 Å². The first-order valence-electron chi connectivity index (χ1n) is 4.99. The topological polar surface area (TPSA) is 26.3 Å². The number of rotatable bonds is 3. The van der Waals surface area contributed by atoms with Crippen LogP contribution in [-0.4, -0.2) is 20.0 Å². The van der Waals surface area contributed by atoms with Crippen molar-refractivity contribution < 1.29 is 9.53 Å². The maximum absolute atomic E-state index is 11.0. The minimum atomic E-state index is -0.176. The molecule has 0 amide bonds. The fraction of sp³-hybridized carbons (Fsp3) is 0.909. The van der Waals surface area contributed by atoms with E-state index in [1.165, 1.54) is 0 Å². The number of aldehydes is 1. The van der Waals surface area contributed by atoms with Crippen LogP contribution < -0.4 is 0 Å². The quantitative estimate of drug-likeness (QED) is 0.630. The molecule has 0 bridgehead atoms. The summed E-state index contributed by atoms with van der Waals surface area (Å²) in [6.45, 7) is 5.13. The van der Waals surface area contributed by atoms with E-state index in [2.05, 4.69) is 13.8 Å². The summed E-state index contributed by atoms with van der Waals surface area (Å²) in [6, 6.07) is 0. The Bertz CT molecular complexity index is 175. The lowest BCUT2D eigenvalue weighted by atomic mass is 9.66. The van der Waals surface area contributed by atoms with Crippen molar-refractivity contribution in [3.8, 4) is 0 Å². The van der Waals surface area contributed by atoms with E-state index >= 15 is 0 Å². The van der Waals surface area contributed by atoms with Crippen LogP contribution in [0.3, 0.4) is 0 Å². The molecule has 76 valence electrons. The smallest absolute Gasteiger partial charge is 0.128 e. The number of methoxy groups -OCH3 is 1. The van der Waals surface area contributed by atoms with Gasteiger partial charge in [0.25, 0.3) is 0 Å². The van der Waals surface area contributed by atoms with Gasteiger partial charge in [-0.3, -0.25) is 0 Å². The van der Waals surface area contributed by atoms with Crippen molar-refractivity contribution in [2.45, 2.75) is 39.5 Å². The molecule has 13 heavy (non-hydrogen) atoms. The van der Waals surface area contributed by atoms with E-state index < -0.39 is 0 Å². The Morgan fingerprint density at radius 3 is 2.15 bits per heavy atom. The third kappa shape index (κ3) is 2.53. The second-order valence-electron chi connectivity index (χ2n) is 5.08. The van der Waals surface area contributed by atoms with Gasteiger partial charge < -0.3 is 9.53 Å². The van der Waals surface area contributed by atoms with Gasteiger partial charge in [-0.1, -0.05) is 13.8 Å². The van der Waals surface area contributed by atoms with Crippen LogP contribution in [0.5, 0.6) is 0 Å². The zero-order chi connectivity index (χ0) is 9.95. The minimum absolute atomic E-state index is 0.176. The summed E-state index contributed by atoms with van der Waals surface area (Å²) in [5.74, 6) is 0. The highest BCUT2D eigenvalue weighted by Crippen LogP contribution is 2.43. The van der Waals surface area contributed by atoms with Crippen molar-refractivity contribution in [3.63, 3.8) is 0 Å². The maximum atomic E-state index is 11.0. The molecule has 0 unspecified atom stereocenters. The van der Waals surface area contributed by atoms with Gasteiger partial charge in [0.15, 0.2) is 0 Å². The molecule has 1 fully saturated rings. The lowest BCUT2D eigenvalue weighted by Gasteiger charge is -2.39. The monoisotopic (exact) mass is 184 g/mol. The third-order valence-electron chi connectivity index (χ3n) is 3.28. The first-order chi connectivity index (χ1) is 6.04. The van der Waals surface area contributed by atoms with Crippen LogP contribution in [0.25, 0.3) is 0 Å². The molecule has 1 aliphatic rings. The van der Waals surface area contributed by atoms with E-state index in [0.717, 1.165) is 32.0 Å². The number of hydrogen-bond acceptors (Lipinski definition) is 2. The first-order valence-corrected chi connectivity index (χ1v) is 4.99. The zero-order valence-electron chi connectivity index (χ0n) is 8.93. The second kappa shape index (κ2) is 3.79. The largest absolute Gasteiger partial charge is 0.384 e. The van der Waals surface area contributed by atoms with E-state index in [-0.39, 0.29) is 5.41 Å². The highest BCUT2D eigenvalue weighted by molar-refractivity contribution is 5.59. The Morgan fingerprint density at radius 1 is 1.23 bits per heavy atom. The Morgan fingerprint density at radius 2 is 1.77 bits per heavy atom. The Kier molecular flexibility index (Phi) is 3.12. The summed E-state index contributed by atoms with van der Waals surface area (Å²) in [6.07, 6.45) is 5.34. The fourth-order valence-electron chi connectivity index (χ4n) is 2.01. The lowest BCUT2D eigenvalue weighted by molar-refractivity contribution is -0.122. The molecule has 0 aromatic carbocycles. The standard InChI is InChI=1S/C11H20O2/c1-10(2)4-6-11(8-12,7-5-10)9-13-3/h8H,4-7,9H2,1-3H3. The Balaban J connectivity index is 2.57. The molecular formula is C11H20O2. The number of carbonyl (C=O) groups is 1. The van der Waals surface area contributed by atoms with Gasteiger partial charge in [-0.05, 0) is 31.1 Å². The highest BCUT2D eigenvalue weighted by Gasteiger charge is 2.38. The van der Waals surface area contributed by atoms with Gasteiger partial charge in [-0.2, -0.15) is 0 Å². The molecule has 0 atom stereocenters. The normalized spacial score (nSPS) is 25.5. The summed E-state index contributed by atoms with van der Waals surface area (Å²) in [5.41, 5.74) is 0.241. The molecule has 0 heterocycles. The van der Waals surface area contributed by atoms with Crippen molar-refractivity contribution in [3.05, 3.63) is 0 Å². The SMILES string of the molecule is COCC1(C=O)CCC(C)(C)CC1. The zero-order valence-corrected chi connectivity index (χ0v) is 8.93. The Hall–Kier alpha value is -0.370. The van der Waals surface area contributed by atoms with E-state index in [4.69, 9.17) is 4.74 Å². The van der Waals surface area contributed by atoms with E-state index in [9.17, 15) is 4.79 Å². The van der Waals surface area contributed by atoms with Crippen molar-refractivity contribution in [1.82, 2.24) is 0 Å². The van der Waals surface area contributed by atoms with Crippen LogP contribution in [0.1, 0.15) is 39.5 Å². The van der Waals surface area contributed by atoms with Gasteiger partial charge in [0.2, 0.25) is 0 Å². The van der Waals surface area contributed by atoms with Gasteiger partial charge in [-0.15, -0.1) is 0 Å². The summed E-state index contributed by atoms with van der Waals surface area (Å²) >= 11 is 0. The molecule has 1 saturated carbocycles. The summed E-state index contributed by atoms with van der Waals surface area (Å²) < 4.78 is 5.11. The van der Waals surface area contributed by atoms with Crippen LogP contribution in [0.4, 0.5) is 0 Å². The number of carbonyl (C=O) groups excluding carboxylic acids is 1. The molecular weight excluding hydrogens is 164 g/mol. The number of hydrogen-bond donors (Lipinski definition) is 0. The van der Waals surface area contributed by atoms with Gasteiger partial charge in [0, 0.05) is 12.5 Å². The highest BCUT2D eigenvalue weighted by atomic mass is 16.5. The van der Waals surface area contributed by atoms with Crippen LogP contribution in [0, 0.1) is 10.8 Å². The van der Waals surface area contributed by atoms with Crippen molar-refractivity contribution in [2.24, 2.45) is 10.8 Å².